The Balaban J connectivity index is 1.60. The normalized spacial score (nSPS) is 24.6. The van der Waals surface area contributed by atoms with Gasteiger partial charge in [-0.15, -0.1) is 0 Å². The number of nitrogens with zero attached hydrogens (tertiary/aromatic N) is 1. The highest BCUT2D eigenvalue weighted by molar-refractivity contribution is 7.92. The molecule has 1 aliphatic carbocycles. The average Bonchev–Trinajstić information content (AvgIpc) is 3.10. The quantitative estimate of drug-likeness (QED) is 0.704. The lowest BCUT2D eigenvalue weighted by Crippen LogP contribution is -2.30. The van der Waals surface area contributed by atoms with Crippen LogP contribution >= 0.6 is 0 Å². The molecular formula is C18H22FN3O4S. The summed E-state index contributed by atoms with van der Waals surface area (Å²) >= 11 is 0. The standard InChI is InChI=1S/C18H22FN3O4S/c19-17-14(12-8-13(20-9-12)5-4-11-2-1-3-11)6-7-15(23)18(17)22-10-16(24)21-27(22,25)26/h6-8,11,13,20,23H,1-5,9-10H2,(H,21,24)/t13-/m1/s1. The van der Waals surface area contributed by atoms with E-state index in [1.54, 1.807) is 4.72 Å². The fourth-order valence-electron chi connectivity index (χ4n) is 3.85. The Bertz CT molecular complexity index is 911. The van der Waals surface area contributed by atoms with Crippen LogP contribution in [0, 0.1) is 11.7 Å². The summed E-state index contributed by atoms with van der Waals surface area (Å²) < 4.78 is 41.6. The van der Waals surface area contributed by atoms with Crippen LogP contribution in [0.15, 0.2) is 18.2 Å². The Morgan fingerprint density at radius 3 is 2.67 bits per heavy atom. The van der Waals surface area contributed by atoms with Gasteiger partial charge in [0.15, 0.2) is 5.82 Å². The van der Waals surface area contributed by atoms with Gasteiger partial charge in [-0.3, -0.25) is 4.79 Å². The maximum atomic E-state index is 15.1. The van der Waals surface area contributed by atoms with E-state index in [2.05, 4.69) is 5.32 Å². The summed E-state index contributed by atoms with van der Waals surface area (Å²) in [4.78, 5) is 11.4. The minimum absolute atomic E-state index is 0.163. The van der Waals surface area contributed by atoms with Crippen molar-refractivity contribution in [3.05, 3.63) is 29.6 Å². The van der Waals surface area contributed by atoms with Crippen molar-refractivity contribution in [3.8, 4) is 5.75 Å². The minimum atomic E-state index is -4.20. The van der Waals surface area contributed by atoms with Crippen LogP contribution in [0.1, 0.15) is 37.7 Å². The van der Waals surface area contributed by atoms with Crippen molar-refractivity contribution >= 4 is 27.4 Å². The van der Waals surface area contributed by atoms with Crippen LogP contribution in [0.4, 0.5) is 10.1 Å². The van der Waals surface area contributed by atoms with Crippen molar-refractivity contribution in [2.45, 2.75) is 38.1 Å². The van der Waals surface area contributed by atoms with Crippen molar-refractivity contribution in [1.29, 1.82) is 0 Å². The molecule has 1 saturated heterocycles. The molecule has 0 unspecified atom stereocenters. The first-order valence-electron chi connectivity index (χ1n) is 9.14. The number of nitrogens with one attached hydrogen (secondary N) is 2. The summed E-state index contributed by atoms with van der Waals surface area (Å²) in [6.07, 6.45) is 7.98. The van der Waals surface area contributed by atoms with Crippen LogP contribution in [0.5, 0.6) is 5.75 Å². The van der Waals surface area contributed by atoms with E-state index < -0.39 is 39.9 Å². The second-order valence-corrected chi connectivity index (χ2v) is 8.98. The lowest BCUT2D eigenvalue weighted by Gasteiger charge is -2.26. The van der Waals surface area contributed by atoms with Crippen molar-refractivity contribution in [2.24, 2.45) is 5.92 Å². The number of halogens is 1. The fraction of sp³-hybridized carbons (Fsp3) is 0.500. The molecule has 27 heavy (non-hydrogen) atoms. The first-order valence-corrected chi connectivity index (χ1v) is 10.6. The van der Waals surface area contributed by atoms with E-state index in [-0.39, 0.29) is 11.6 Å². The van der Waals surface area contributed by atoms with Crippen molar-refractivity contribution in [3.63, 3.8) is 0 Å². The van der Waals surface area contributed by atoms with E-state index in [1.165, 1.54) is 31.4 Å². The summed E-state index contributed by atoms with van der Waals surface area (Å²) in [7, 11) is -4.20. The fourth-order valence-corrected chi connectivity index (χ4v) is 5.02. The summed E-state index contributed by atoms with van der Waals surface area (Å²) in [5, 5.41) is 13.4. The Morgan fingerprint density at radius 2 is 2.04 bits per heavy atom. The number of amides is 1. The van der Waals surface area contributed by atoms with Crippen molar-refractivity contribution in [1.82, 2.24) is 10.0 Å². The zero-order valence-corrected chi connectivity index (χ0v) is 15.6. The predicted octanol–water partition coefficient (Wildman–Crippen LogP) is 1.65. The largest absolute Gasteiger partial charge is 0.506 e. The van der Waals surface area contributed by atoms with E-state index in [1.807, 2.05) is 6.08 Å². The van der Waals surface area contributed by atoms with E-state index in [0.717, 1.165) is 24.3 Å². The van der Waals surface area contributed by atoms with Gasteiger partial charge in [0, 0.05) is 18.2 Å². The number of anilines is 1. The second-order valence-electron chi connectivity index (χ2n) is 7.39. The molecule has 1 saturated carbocycles. The Kier molecular flexibility index (Phi) is 4.59. The van der Waals surface area contributed by atoms with E-state index >= 15 is 4.39 Å². The molecule has 1 atom stereocenters. The number of aromatic hydroxyl groups is 1. The first kappa shape index (κ1) is 18.2. The molecule has 7 nitrogen and oxygen atoms in total. The van der Waals surface area contributed by atoms with Gasteiger partial charge in [-0.05, 0) is 36.5 Å². The SMILES string of the molecule is O=C1CN(c2c(O)ccc(C3=C[C@@H](CCC4CCC4)NC3)c2F)S(=O)(=O)N1. The zero-order chi connectivity index (χ0) is 19.2. The maximum absolute atomic E-state index is 15.1. The van der Waals surface area contributed by atoms with Gasteiger partial charge in [0.05, 0.1) is 0 Å². The molecule has 3 aliphatic rings. The van der Waals surface area contributed by atoms with Gasteiger partial charge in [-0.25, -0.2) is 13.4 Å². The molecule has 0 radical (unpaired) electrons. The van der Waals surface area contributed by atoms with Crippen LogP contribution < -0.4 is 14.3 Å². The number of hydrogen-bond acceptors (Lipinski definition) is 5. The van der Waals surface area contributed by atoms with Crippen molar-refractivity contribution in [2.75, 3.05) is 17.4 Å². The molecule has 1 aromatic rings. The molecule has 146 valence electrons. The molecule has 0 aromatic heterocycles. The number of carbonyl (C=O) groups excluding carboxylic acids is 1. The number of phenolic OH excluding ortho intramolecular Hbond substituents is 1. The highest BCUT2D eigenvalue weighted by Crippen LogP contribution is 2.38. The molecule has 2 aliphatic heterocycles. The molecule has 1 amide bonds. The van der Waals surface area contributed by atoms with Gasteiger partial charge in [0.1, 0.15) is 18.0 Å². The van der Waals surface area contributed by atoms with Crippen LogP contribution in [-0.4, -0.2) is 38.6 Å². The minimum Gasteiger partial charge on any atom is -0.506 e. The van der Waals surface area contributed by atoms with Gasteiger partial charge >= 0.3 is 10.2 Å². The van der Waals surface area contributed by atoms with Crippen LogP contribution in [0.25, 0.3) is 5.57 Å². The molecule has 3 N–H and O–H groups in total. The molecule has 1 aromatic carbocycles. The third-order valence-corrected chi connectivity index (χ3v) is 6.96. The highest BCUT2D eigenvalue weighted by Gasteiger charge is 2.38. The van der Waals surface area contributed by atoms with E-state index in [0.29, 0.717) is 10.8 Å². The molecule has 2 fully saturated rings. The van der Waals surface area contributed by atoms with E-state index in [9.17, 15) is 18.3 Å². The first-order chi connectivity index (χ1) is 12.8. The highest BCUT2D eigenvalue weighted by atomic mass is 32.2. The Morgan fingerprint density at radius 1 is 1.26 bits per heavy atom. The number of carbonyl (C=O) groups is 1. The van der Waals surface area contributed by atoms with Gasteiger partial charge < -0.3 is 10.4 Å². The zero-order valence-electron chi connectivity index (χ0n) is 14.7. The number of phenols is 1. The van der Waals surface area contributed by atoms with E-state index in [4.69, 9.17) is 0 Å². The summed E-state index contributed by atoms with van der Waals surface area (Å²) in [6.45, 7) is -0.0853. The molecule has 9 heteroatoms. The Labute approximate surface area is 157 Å². The number of rotatable bonds is 5. The van der Waals surface area contributed by atoms with Gasteiger partial charge in [-0.1, -0.05) is 25.3 Å². The van der Waals surface area contributed by atoms with Crippen LogP contribution in [0.2, 0.25) is 0 Å². The summed E-state index contributed by atoms with van der Waals surface area (Å²) in [6, 6.07) is 2.86. The topological polar surface area (TPSA) is 98.7 Å². The molecule has 0 spiro atoms. The van der Waals surface area contributed by atoms with Crippen molar-refractivity contribution < 1.29 is 22.7 Å². The van der Waals surface area contributed by atoms with Crippen LogP contribution in [-0.2, 0) is 15.0 Å². The smallest absolute Gasteiger partial charge is 0.326 e. The lowest BCUT2D eigenvalue weighted by atomic mass is 9.81. The van der Waals surface area contributed by atoms with Gasteiger partial charge in [-0.2, -0.15) is 8.42 Å². The monoisotopic (exact) mass is 395 g/mol. The lowest BCUT2D eigenvalue weighted by molar-refractivity contribution is -0.117. The Hall–Kier alpha value is -2.13. The maximum Gasteiger partial charge on any atom is 0.326 e. The molecule has 2 heterocycles. The average molecular weight is 395 g/mol. The van der Waals surface area contributed by atoms with Gasteiger partial charge in [0.2, 0.25) is 0 Å². The predicted molar refractivity (Wildman–Crippen MR) is 98.8 cm³/mol. The number of benzene rings is 1. The molecule has 4 rings (SSSR count). The van der Waals surface area contributed by atoms with Gasteiger partial charge in [0.25, 0.3) is 5.91 Å². The number of hydrogen-bond donors (Lipinski definition) is 3. The summed E-state index contributed by atoms with van der Waals surface area (Å²) in [5.41, 5.74) is 0.462. The molecule has 0 bridgehead atoms. The van der Waals surface area contributed by atoms with Crippen LogP contribution in [0.3, 0.4) is 0 Å². The molecular weight excluding hydrogens is 373 g/mol. The summed E-state index contributed by atoms with van der Waals surface area (Å²) in [5.74, 6) is -1.34. The second kappa shape index (κ2) is 6.79. The third-order valence-electron chi connectivity index (χ3n) is 5.58. The third kappa shape index (κ3) is 3.41.